The predicted octanol–water partition coefficient (Wildman–Crippen LogP) is 3.99. The topological polar surface area (TPSA) is 86.1 Å². The van der Waals surface area contributed by atoms with Crippen LogP contribution in [0.5, 0.6) is 0 Å². The highest BCUT2D eigenvalue weighted by Crippen LogP contribution is 2.29. The van der Waals surface area contributed by atoms with Crippen molar-refractivity contribution < 1.29 is 27.5 Å². The lowest BCUT2D eigenvalue weighted by Crippen LogP contribution is -2.29. The molecular formula is C15H14ClF3N4O3. The number of halogens is 4. The Morgan fingerprint density at radius 2 is 1.85 bits per heavy atom. The summed E-state index contributed by atoms with van der Waals surface area (Å²) in [4.78, 5) is 27.5. The van der Waals surface area contributed by atoms with Crippen molar-refractivity contribution in [3.05, 3.63) is 40.8 Å². The van der Waals surface area contributed by atoms with Crippen LogP contribution in [-0.4, -0.2) is 32.4 Å². The van der Waals surface area contributed by atoms with E-state index in [4.69, 9.17) is 16.3 Å². The second-order valence-electron chi connectivity index (χ2n) is 6.10. The number of rotatable bonds is 2. The van der Waals surface area contributed by atoms with Crippen LogP contribution >= 0.6 is 11.6 Å². The van der Waals surface area contributed by atoms with Gasteiger partial charge in [0.2, 0.25) is 0 Å². The minimum Gasteiger partial charge on any atom is -0.442 e. The molecule has 11 heteroatoms. The zero-order chi connectivity index (χ0) is 19.7. The van der Waals surface area contributed by atoms with Crippen LogP contribution in [0, 0.1) is 0 Å². The molecule has 2 aromatic rings. The number of amides is 1. The number of alkyl halides is 3. The molecule has 0 aliphatic rings. The molecule has 0 unspecified atom stereocenters. The first-order valence-corrected chi connectivity index (χ1v) is 7.59. The predicted molar refractivity (Wildman–Crippen MR) is 86.1 cm³/mol. The van der Waals surface area contributed by atoms with Crippen LogP contribution in [0.25, 0.3) is 0 Å². The van der Waals surface area contributed by atoms with E-state index in [2.05, 4.69) is 15.4 Å². The first-order chi connectivity index (χ1) is 11.9. The molecule has 0 saturated heterocycles. The van der Waals surface area contributed by atoms with E-state index in [1.807, 2.05) is 0 Å². The van der Waals surface area contributed by atoms with E-state index >= 15 is 0 Å². The number of carbonyl (C=O) groups excluding carboxylic acids is 2. The van der Waals surface area contributed by atoms with Gasteiger partial charge in [0.25, 0.3) is 5.91 Å². The van der Waals surface area contributed by atoms with Crippen molar-refractivity contribution in [1.29, 1.82) is 0 Å². The van der Waals surface area contributed by atoms with Crippen LogP contribution in [0.3, 0.4) is 0 Å². The molecule has 0 aliphatic carbocycles. The van der Waals surface area contributed by atoms with E-state index < -0.39 is 34.6 Å². The van der Waals surface area contributed by atoms with Crippen LogP contribution in [0.1, 0.15) is 36.8 Å². The molecule has 0 aromatic carbocycles. The maximum absolute atomic E-state index is 12.6. The fourth-order valence-electron chi connectivity index (χ4n) is 1.79. The number of carbonyl (C=O) groups is 2. The van der Waals surface area contributed by atoms with Crippen molar-refractivity contribution >= 4 is 29.4 Å². The highest BCUT2D eigenvalue weighted by Gasteiger charge is 2.33. The number of nitrogens with one attached hydrogen (secondary N) is 1. The molecule has 0 bridgehead atoms. The number of anilines is 1. The Morgan fingerprint density at radius 1 is 1.19 bits per heavy atom. The second kappa shape index (κ2) is 6.94. The molecule has 140 valence electrons. The van der Waals surface area contributed by atoms with Gasteiger partial charge in [-0.1, -0.05) is 11.6 Å². The molecule has 2 rings (SSSR count). The van der Waals surface area contributed by atoms with Crippen LogP contribution in [0.15, 0.2) is 24.4 Å². The fourth-order valence-corrected chi connectivity index (χ4v) is 2.03. The third kappa shape index (κ3) is 4.72. The molecule has 0 saturated carbocycles. The van der Waals surface area contributed by atoms with Gasteiger partial charge >= 0.3 is 12.3 Å². The average Bonchev–Trinajstić information content (AvgIpc) is 2.92. The Bertz CT molecular complexity index is 843. The van der Waals surface area contributed by atoms with Crippen molar-refractivity contribution in [1.82, 2.24) is 14.8 Å². The minimum atomic E-state index is -4.69. The van der Waals surface area contributed by atoms with Crippen LogP contribution in [0.2, 0.25) is 5.15 Å². The second-order valence-corrected chi connectivity index (χ2v) is 6.45. The average molecular weight is 391 g/mol. The lowest BCUT2D eigenvalue weighted by molar-refractivity contribution is -0.141. The van der Waals surface area contributed by atoms with E-state index in [9.17, 15) is 22.8 Å². The smallest absolute Gasteiger partial charge is 0.437 e. The maximum atomic E-state index is 12.6. The molecule has 0 atom stereocenters. The molecule has 0 aliphatic heterocycles. The Balaban J connectivity index is 2.22. The highest BCUT2D eigenvalue weighted by molar-refractivity contribution is 6.33. The standard InChI is InChI=1S/C15H14ClF3N4O3/c1-14(2,3)26-13(25)23-10(6-7-20-23)22-12(24)8-4-5-9(15(17,18)19)21-11(8)16/h4-7H,1-3H3,(H,22,24). The van der Waals surface area contributed by atoms with Gasteiger partial charge in [-0.2, -0.15) is 18.3 Å². The number of aromatic nitrogens is 3. The van der Waals surface area contributed by atoms with Crippen molar-refractivity contribution in [2.45, 2.75) is 32.5 Å². The SMILES string of the molecule is CC(C)(C)OC(=O)n1nccc1NC(=O)c1ccc(C(F)(F)F)nc1Cl. The van der Waals surface area contributed by atoms with E-state index in [1.54, 1.807) is 20.8 Å². The first kappa shape index (κ1) is 19.7. The van der Waals surface area contributed by atoms with Gasteiger partial charge in [0.1, 0.15) is 22.3 Å². The van der Waals surface area contributed by atoms with Gasteiger partial charge in [-0.05, 0) is 32.9 Å². The van der Waals surface area contributed by atoms with Gasteiger partial charge in [-0.3, -0.25) is 4.79 Å². The third-order valence-electron chi connectivity index (χ3n) is 2.83. The summed E-state index contributed by atoms with van der Waals surface area (Å²) in [5, 5.41) is 5.45. The van der Waals surface area contributed by atoms with Crippen molar-refractivity contribution in [2.75, 3.05) is 5.32 Å². The molecule has 0 fully saturated rings. The number of hydrogen-bond acceptors (Lipinski definition) is 5. The summed E-state index contributed by atoms with van der Waals surface area (Å²) in [5.74, 6) is -0.901. The fraction of sp³-hybridized carbons (Fsp3) is 0.333. The maximum Gasteiger partial charge on any atom is 0.437 e. The van der Waals surface area contributed by atoms with E-state index in [-0.39, 0.29) is 11.4 Å². The first-order valence-electron chi connectivity index (χ1n) is 7.21. The van der Waals surface area contributed by atoms with Crippen molar-refractivity contribution in [3.63, 3.8) is 0 Å². The monoisotopic (exact) mass is 390 g/mol. The molecule has 1 N–H and O–H groups in total. The largest absolute Gasteiger partial charge is 0.442 e. The number of hydrogen-bond donors (Lipinski definition) is 1. The number of nitrogens with zero attached hydrogens (tertiary/aromatic N) is 3. The Kier molecular flexibility index (Phi) is 5.26. The van der Waals surface area contributed by atoms with Crippen molar-refractivity contribution in [2.24, 2.45) is 0 Å². The Morgan fingerprint density at radius 3 is 2.38 bits per heavy atom. The summed E-state index contributed by atoms with van der Waals surface area (Å²) in [6.07, 6.45) is -4.28. The third-order valence-corrected chi connectivity index (χ3v) is 3.12. The molecule has 26 heavy (non-hydrogen) atoms. The van der Waals surface area contributed by atoms with Crippen LogP contribution in [-0.2, 0) is 10.9 Å². The van der Waals surface area contributed by atoms with Crippen molar-refractivity contribution in [3.8, 4) is 0 Å². The van der Waals surface area contributed by atoms with Gasteiger partial charge in [0, 0.05) is 6.07 Å². The normalized spacial score (nSPS) is 12.0. The zero-order valence-electron chi connectivity index (χ0n) is 13.9. The Labute approximate surface area is 151 Å². The van der Waals surface area contributed by atoms with E-state index in [1.165, 1.54) is 12.3 Å². The molecule has 2 heterocycles. The van der Waals surface area contributed by atoms with Gasteiger partial charge in [-0.15, -0.1) is 4.68 Å². The zero-order valence-corrected chi connectivity index (χ0v) is 14.6. The number of pyridine rings is 1. The highest BCUT2D eigenvalue weighted by atomic mass is 35.5. The molecule has 1 amide bonds. The lowest BCUT2D eigenvalue weighted by Gasteiger charge is -2.19. The molecule has 2 aromatic heterocycles. The lowest BCUT2D eigenvalue weighted by atomic mass is 10.2. The van der Waals surface area contributed by atoms with E-state index in [0.29, 0.717) is 6.07 Å². The quantitative estimate of drug-likeness (QED) is 0.784. The molecular weight excluding hydrogens is 377 g/mol. The van der Waals surface area contributed by atoms with E-state index in [0.717, 1.165) is 10.7 Å². The van der Waals surface area contributed by atoms with Gasteiger partial charge in [0.15, 0.2) is 0 Å². The molecule has 0 spiro atoms. The summed E-state index contributed by atoms with van der Waals surface area (Å²) < 4.78 is 43.7. The number of ether oxygens (including phenoxy) is 1. The summed E-state index contributed by atoms with van der Waals surface area (Å²) in [7, 11) is 0. The summed E-state index contributed by atoms with van der Waals surface area (Å²) in [6, 6.07) is 2.83. The minimum absolute atomic E-state index is 0.0415. The summed E-state index contributed by atoms with van der Waals surface area (Å²) in [6.45, 7) is 4.96. The van der Waals surface area contributed by atoms with Gasteiger partial charge in [0.05, 0.1) is 11.8 Å². The van der Waals surface area contributed by atoms with Crippen LogP contribution < -0.4 is 5.32 Å². The summed E-state index contributed by atoms with van der Waals surface area (Å²) in [5.41, 5.74) is -2.31. The summed E-state index contributed by atoms with van der Waals surface area (Å²) >= 11 is 5.67. The van der Waals surface area contributed by atoms with Gasteiger partial charge < -0.3 is 10.1 Å². The Hall–Kier alpha value is -2.62. The van der Waals surface area contributed by atoms with Gasteiger partial charge in [-0.25, -0.2) is 9.78 Å². The molecule has 7 nitrogen and oxygen atoms in total. The molecule has 0 radical (unpaired) electrons. The van der Waals surface area contributed by atoms with Crippen LogP contribution in [0.4, 0.5) is 23.8 Å².